The van der Waals surface area contributed by atoms with E-state index in [-0.39, 0.29) is 5.54 Å². The summed E-state index contributed by atoms with van der Waals surface area (Å²) in [5, 5.41) is 0. The molecule has 0 heterocycles. The first-order chi connectivity index (χ1) is 8.51. The van der Waals surface area contributed by atoms with E-state index in [1.807, 2.05) is 0 Å². The predicted octanol–water partition coefficient (Wildman–Crippen LogP) is 3.44. The molecule has 1 aromatic rings. The molecule has 18 heavy (non-hydrogen) atoms. The first-order valence-electron chi connectivity index (χ1n) is 6.67. The highest BCUT2D eigenvalue weighted by atomic mass is 79.9. The van der Waals surface area contributed by atoms with Gasteiger partial charge in [-0.15, -0.1) is 0 Å². The van der Waals surface area contributed by atoms with Gasteiger partial charge in [-0.3, -0.25) is 4.90 Å². The normalized spacial score (nSPS) is 14.8. The van der Waals surface area contributed by atoms with Crippen molar-refractivity contribution in [1.82, 2.24) is 4.90 Å². The number of halogens is 1. The molecule has 0 aliphatic carbocycles. The fraction of sp³-hybridized carbons (Fsp3) is 0.600. The second-order valence-corrected chi connectivity index (χ2v) is 6.20. The zero-order valence-electron chi connectivity index (χ0n) is 11.7. The summed E-state index contributed by atoms with van der Waals surface area (Å²) in [4.78, 5) is 2.40. The molecule has 0 radical (unpaired) electrons. The average Bonchev–Trinajstić information content (AvgIpc) is 2.38. The molecule has 0 amide bonds. The molecule has 0 bridgehead atoms. The van der Waals surface area contributed by atoms with Crippen molar-refractivity contribution in [1.29, 1.82) is 0 Å². The van der Waals surface area contributed by atoms with Crippen molar-refractivity contribution in [3.63, 3.8) is 0 Å². The maximum absolute atomic E-state index is 6.01. The molecule has 0 aromatic heterocycles. The van der Waals surface area contributed by atoms with E-state index in [4.69, 9.17) is 5.73 Å². The highest BCUT2D eigenvalue weighted by Gasteiger charge is 2.27. The average molecular weight is 313 g/mol. The van der Waals surface area contributed by atoms with Gasteiger partial charge in [-0.2, -0.15) is 0 Å². The Labute approximate surface area is 120 Å². The highest BCUT2D eigenvalue weighted by Crippen LogP contribution is 2.20. The monoisotopic (exact) mass is 312 g/mol. The lowest BCUT2D eigenvalue weighted by Gasteiger charge is -2.38. The minimum absolute atomic E-state index is 0.0446. The van der Waals surface area contributed by atoms with Crippen LogP contribution in [0.2, 0.25) is 0 Å². The van der Waals surface area contributed by atoms with E-state index in [1.165, 1.54) is 18.4 Å². The van der Waals surface area contributed by atoms with Crippen LogP contribution in [0.4, 0.5) is 0 Å². The molecule has 0 fully saturated rings. The van der Waals surface area contributed by atoms with Crippen LogP contribution in [0.3, 0.4) is 0 Å². The molecule has 0 aliphatic rings. The second-order valence-electron chi connectivity index (χ2n) is 5.28. The molecule has 0 spiro atoms. The third-order valence-electron chi connectivity index (χ3n) is 3.71. The fourth-order valence-corrected chi connectivity index (χ4v) is 2.33. The molecule has 2 nitrogen and oxygen atoms in total. The Kier molecular flexibility index (Phi) is 6.33. The van der Waals surface area contributed by atoms with Gasteiger partial charge in [0, 0.05) is 16.6 Å². The summed E-state index contributed by atoms with van der Waals surface area (Å²) in [7, 11) is 2.18. The van der Waals surface area contributed by atoms with E-state index < -0.39 is 0 Å². The topological polar surface area (TPSA) is 29.3 Å². The van der Waals surface area contributed by atoms with Gasteiger partial charge in [0.1, 0.15) is 0 Å². The summed E-state index contributed by atoms with van der Waals surface area (Å²) in [6, 6.07) is 8.54. The van der Waals surface area contributed by atoms with Crippen LogP contribution in [0.25, 0.3) is 0 Å². The van der Waals surface area contributed by atoms with Gasteiger partial charge in [-0.05, 0) is 51.1 Å². The van der Waals surface area contributed by atoms with Crippen LogP contribution in [0, 0.1) is 0 Å². The largest absolute Gasteiger partial charge is 0.329 e. The summed E-state index contributed by atoms with van der Waals surface area (Å²) < 4.78 is 1.13. The number of hydrogen-bond acceptors (Lipinski definition) is 2. The zero-order valence-corrected chi connectivity index (χ0v) is 13.3. The van der Waals surface area contributed by atoms with Crippen molar-refractivity contribution in [2.45, 2.75) is 38.6 Å². The predicted molar refractivity (Wildman–Crippen MR) is 82.8 cm³/mol. The van der Waals surface area contributed by atoms with E-state index in [0.29, 0.717) is 6.54 Å². The first-order valence-corrected chi connectivity index (χ1v) is 7.47. The summed E-state index contributed by atoms with van der Waals surface area (Å²) in [5.74, 6) is 0. The number of nitrogens with two attached hydrogens (primary N) is 1. The fourth-order valence-electron chi connectivity index (χ4n) is 2.07. The van der Waals surface area contributed by atoms with Crippen LogP contribution in [-0.2, 0) is 6.42 Å². The van der Waals surface area contributed by atoms with E-state index in [2.05, 4.69) is 66.0 Å². The van der Waals surface area contributed by atoms with Gasteiger partial charge < -0.3 is 5.73 Å². The minimum Gasteiger partial charge on any atom is -0.329 e. The summed E-state index contributed by atoms with van der Waals surface area (Å²) in [6.45, 7) is 6.27. The Bertz CT molecular complexity index is 350. The van der Waals surface area contributed by atoms with Gasteiger partial charge in [0.2, 0.25) is 0 Å². The standard InChI is InChI=1S/C15H25BrN2/c1-4-5-10-18(3)15(2,12-17)11-13-6-8-14(16)9-7-13/h6-9H,4-5,10-12,17H2,1-3H3. The van der Waals surface area contributed by atoms with Crippen molar-refractivity contribution in [2.75, 3.05) is 20.1 Å². The number of rotatable bonds is 7. The van der Waals surface area contributed by atoms with Gasteiger partial charge in [-0.25, -0.2) is 0 Å². The maximum atomic E-state index is 6.01. The molecule has 0 saturated heterocycles. The Morgan fingerprint density at radius 1 is 1.28 bits per heavy atom. The Balaban J connectivity index is 2.72. The van der Waals surface area contributed by atoms with Crippen molar-refractivity contribution in [3.8, 4) is 0 Å². The first kappa shape index (κ1) is 15.7. The SMILES string of the molecule is CCCCN(C)C(C)(CN)Cc1ccc(Br)cc1. The molecular formula is C15H25BrN2. The lowest BCUT2D eigenvalue weighted by molar-refractivity contribution is 0.142. The van der Waals surface area contributed by atoms with Gasteiger partial charge >= 0.3 is 0 Å². The lowest BCUT2D eigenvalue weighted by Crippen LogP contribution is -2.51. The Morgan fingerprint density at radius 3 is 2.39 bits per heavy atom. The van der Waals surface area contributed by atoms with Gasteiger partial charge in [0.15, 0.2) is 0 Å². The molecule has 3 heteroatoms. The van der Waals surface area contributed by atoms with Crippen molar-refractivity contribution < 1.29 is 0 Å². The Hall–Kier alpha value is -0.380. The summed E-state index contributed by atoms with van der Waals surface area (Å²) in [5.41, 5.74) is 7.39. The Morgan fingerprint density at radius 2 is 1.89 bits per heavy atom. The zero-order chi connectivity index (χ0) is 13.6. The smallest absolute Gasteiger partial charge is 0.0340 e. The van der Waals surface area contributed by atoms with Crippen LogP contribution >= 0.6 is 15.9 Å². The van der Waals surface area contributed by atoms with Gasteiger partial charge in [0.05, 0.1) is 0 Å². The molecule has 1 aromatic carbocycles. The molecule has 1 atom stereocenters. The van der Waals surface area contributed by atoms with Crippen LogP contribution in [0.15, 0.2) is 28.7 Å². The quantitative estimate of drug-likeness (QED) is 0.835. The molecular weight excluding hydrogens is 288 g/mol. The van der Waals surface area contributed by atoms with Gasteiger partial charge in [-0.1, -0.05) is 41.4 Å². The molecule has 0 saturated carbocycles. The molecule has 1 rings (SSSR count). The number of hydrogen-bond donors (Lipinski definition) is 1. The van der Waals surface area contributed by atoms with Crippen molar-refractivity contribution in [3.05, 3.63) is 34.3 Å². The lowest BCUT2D eigenvalue weighted by atomic mass is 9.91. The van der Waals surface area contributed by atoms with E-state index in [1.54, 1.807) is 0 Å². The van der Waals surface area contributed by atoms with Gasteiger partial charge in [0.25, 0.3) is 0 Å². The minimum atomic E-state index is 0.0446. The molecule has 102 valence electrons. The number of nitrogens with zero attached hydrogens (tertiary/aromatic N) is 1. The third kappa shape index (κ3) is 4.38. The summed E-state index contributed by atoms with van der Waals surface area (Å²) in [6.07, 6.45) is 3.45. The van der Waals surface area contributed by atoms with Crippen LogP contribution in [0.5, 0.6) is 0 Å². The van der Waals surface area contributed by atoms with Crippen LogP contribution < -0.4 is 5.73 Å². The number of unbranched alkanes of at least 4 members (excludes halogenated alkanes) is 1. The van der Waals surface area contributed by atoms with Crippen molar-refractivity contribution in [2.24, 2.45) is 5.73 Å². The third-order valence-corrected chi connectivity index (χ3v) is 4.24. The number of benzene rings is 1. The summed E-state index contributed by atoms with van der Waals surface area (Å²) >= 11 is 3.47. The highest BCUT2D eigenvalue weighted by molar-refractivity contribution is 9.10. The molecule has 1 unspecified atom stereocenters. The van der Waals surface area contributed by atoms with E-state index in [9.17, 15) is 0 Å². The molecule has 0 aliphatic heterocycles. The molecule has 2 N–H and O–H groups in total. The van der Waals surface area contributed by atoms with E-state index in [0.717, 1.165) is 17.4 Å². The van der Waals surface area contributed by atoms with Crippen LogP contribution in [-0.4, -0.2) is 30.6 Å². The van der Waals surface area contributed by atoms with E-state index >= 15 is 0 Å². The second kappa shape index (κ2) is 7.27. The number of likely N-dealkylation sites (N-methyl/N-ethyl adjacent to an activating group) is 1. The van der Waals surface area contributed by atoms with Crippen LogP contribution in [0.1, 0.15) is 32.3 Å². The van der Waals surface area contributed by atoms with Crippen molar-refractivity contribution >= 4 is 15.9 Å². The maximum Gasteiger partial charge on any atom is 0.0340 e.